The lowest BCUT2D eigenvalue weighted by Crippen LogP contribution is -2.05. The molecule has 1 aromatic carbocycles. The molecule has 0 amide bonds. The van der Waals surface area contributed by atoms with Crippen LogP contribution in [-0.2, 0) is 12.8 Å². The third-order valence-electron chi connectivity index (χ3n) is 2.57. The fraction of sp³-hybridized carbons (Fsp3) is 0.231. The van der Waals surface area contributed by atoms with E-state index >= 15 is 0 Å². The van der Waals surface area contributed by atoms with Crippen molar-refractivity contribution in [3.8, 4) is 0 Å². The Morgan fingerprint density at radius 3 is 2.61 bits per heavy atom. The molecule has 2 N–H and O–H groups in total. The Bertz CT molecular complexity index is 528. The molecule has 2 rings (SSSR count). The number of nitrogens with two attached hydrogens (primary N) is 1. The Kier molecular flexibility index (Phi) is 4.23. The van der Waals surface area contributed by atoms with Crippen LogP contribution in [0.3, 0.4) is 0 Å². The monoisotopic (exact) mass is 265 g/mol. The summed E-state index contributed by atoms with van der Waals surface area (Å²) in [5.41, 5.74) is 6.91. The van der Waals surface area contributed by atoms with E-state index in [1.807, 2.05) is 0 Å². The molecule has 5 heteroatoms. The number of hydrogen-bond acceptors (Lipinski definition) is 3. The molecule has 3 nitrogen and oxygen atoms in total. The number of rotatable bonds is 4. The number of nitrogens with zero attached hydrogens (tertiary/aromatic N) is 2. The van der Waals surface area contributed by atoms with Crippen molar-refractivity contribution in [1.82, 2.24) is 9.97 Å². The summed E-state index contributed by atoms with van der Waals surface area (Å²) >= 11 is 5.72. The van der Waals surface area contributed by atoms with Crippen molar-refractivity contribution >= 4 is 11.6 Å². The molecular formula is C13H13ClFN3. The van der Waals surface area contributed by atoms with Crippen LogP contribution in [0, 0.1) is 5.82 Å². The maximum Gasteiger partial charge on any atom is 0.145 e. The first-order valence-corrected chi connectivity index (χ1v) is 6.01. The summed E-state index contributed by atoms with van der Waals surface area (Å²) in [7, 11) is 0. The van der Waals surface area contributed by atoms with Crippen molar-refractivity contribution in [3.05, 3.63) is 58.4 Å². The zero-order valence-electron chi connectivity index (χ0n) is 9.74. The van der Waals surface area contributed by atoms with Crippen LogP contribution in [-0.4, -0.2) is 16.5 Å². The molecule has 1 aromatic heterocycles. The second-order valence-electron chi connectivity index (χ2n) is 3.94. The maximum absolute atomic E-state index is 13.7. The third-order valence-corrected chi connectivity index (χ3v) is 2.86. The second kappa shape index (κ2) is 5.89. The van der Waals surface area contributed by atoms with Gasteiger partial charge < -0.3 is 5.73 Å². The Morgan fingerprint density at radius 2 is 1.94 bits per heavy atom. The van der Waals surface area contributed by atoms with Gasteiger partial charge in [-0.2, -0.15) is 0 Å². The highest BCUT2D eigenvalue weighted by Crippen LogP contribution is 2.19. The largest absolute Gasteiger partial charge is 0.330 e. The van der Waals surface area contributed by atoms with E-state index in [2.05, 4.69) is 9.97 Å². The molecule has 18 heavy (non-hydrogen) atoms. The van der Waals surface area contributed by atoms with E-state index in [1.54, 1.807) is 24.5 Å². The van der Waals surface area contributed by atoms with Crippen molar-refractivity contribution in [2.24, 2.45) is 5.73 Å². The van der Waals surface area contributed by atoms with Gasteiger partial charge in [-0.15, -0.1) is 0 Å². The van der Waals surface area contributed by atoms with Crippen molar-refractivity contribution in [2.45, 2.75) is 12.8 Å². The van der Waals surface area contributed by atoms with E-state index in [9.17, 15) is 4.39 Å². The molecular weight excluding hydrogens is 253 g/mol. The summed E-state index contributed by atoms with van der Waals surface area (Å²) in [6.07, 6.45) is 4.51. The van der Waals surface area contributed by atoms with Gasteiger partial charge in [0.1, 0.15) is 11.6 Å². The van der Waals surface area contributed by atoms with Crippen molar-refractivity contribution in [2.75, 3.05) is 6.54 Å². The number of aromatic nitrogens is 2. The molecule has 0 aliphatic carbocycles. The smallest absolute Gasteiger partial charge is 0.145 e. The van der Waals surface area contributed by atoms with Crippen LogP contribution in [0.1, 0.15) is 17.0 Å². The first kappa shape index (κ1) is 12.9. The second-order valence-corrected chi connectivity index (χ2v) is 4.34. The highest BCUT2D eigenvalue weighted by Gasteiger charge is 2.08. The van der Waals surface area contributed by atoms with E-state index < -0.39 is 5.82 Å². The Labute approximate surface area is 110 Å². The van der Waals surface area contributed by atoms with Crippen molar-refractivity contribution in [1.29, 1.82) is 0 Å². The first-order valence-electron chi connectivity index (χ1n) is 5.63. The van der Waals surface area contributed by atoms with Crippen molar-refractivity contribution in [3.63, 3.8) is 0 Å². The molecule has 0 unspecified atom stereocenters. The number of halogens is 2. The van der Waals surface area contributed by atoms with E-state index in [0.29, 0.717) is 24.4 Å². The number of benzene rings is 1. The topological polar surface area (TPSA) is 51.8 Å². The van der Waals surface area contributed by atoms with Crippen LogP contribution in [0.5, 0.6) is 0 Å². The molecule has 0 aliphatic heterocycles. The summed E-state index contributed by atoms with van der Waals surface area (Å²) in [5, 5.41) is 0.118. The highest BCUT2D eigenvalue weighted by molar-refractivity contribution is 6.30. The quantitative estimate of drug-likeness (QED) is 0.923. The molecule has 0 bridgehead atoms. The lowest BCUT2D eigenvalue weighted by Gasteiger charge is -2.04. The standard InChI is InChI=1S/C13H13ClFN3/c14-11-3-1-2-10(13(11)15)6-12-17-7-9(4-5-16)8-18-12/h1-3,7-8H,4-6,16H2. The van der Waals surface area contributed by atoms with E-state index in [4.69, 9.17) is 17.3 Å². The first-order chi connectivity index (χ1) is 8.70. The van der Waals surface area contributed by atoms with Gasteiger partial charge in [-0.25, -0.2) is 14.4 Å². The lowest BCUT2D eigenvalue weighted by molar-refractivity contribution is 0.612. The van der Waals surface area contributed by atoms with Crippen LogP contribution in [0.25, 0.3) is 0 Å². The number of hydrogen-bond donors (Lipinski definition) is 1. The minimum absolute atomic E-state index is 0.118. The fourth-order valence-corrected chi connectivity index (χ4v) is 1.82. The summed E-state index contributed by atoms with van der Waals surface area (Å²) in [4.78, 5) is 8.37. The zero-order chi connectivity index (χ0) is 13.0. The average Bonchev–Trinajstić information content (AvgIpc) is 2.38. The van der Waals surface area contributed by atoms with E-state index in [1.165, 1.54) is 6.07 Å². The van der Waals surface area contributed by atoms with Crippen LogP contribution >= 0.6 is 11.6 Å². The summed E-state index contributed by atoms with van der Waals surface area (Å²) in [6, 6.07) is 4.91. The maximum atomic E-state index is 13.7. The van der Waals surface area contributed by atoms with Crippen LogP contribution in [0.4, 0.5) is 4.39 Å². The zero-order valence-corrected chi connectivity index (χ0v) is 10.5. The molecule has 0 atom stereocenters. The van der Waals surface area contributed by atoms with Gasteiger partial charge in [-0.05, 0) is 30.2 Å². The lowest BCUT2D eigenvalue weighted by atomic mass is 10.1. The third kappa shape index (κ3) is 3.03. The van der Waals surface area contributed by atoms with Gasteiger partial charge in [-0.3, -0.25) is 0 Å². The SMILES string of the molecule is NCCc1cnc(Cc2cccc(Cl)c2F)nc1. The minimum Gasteiger partial charge on any atom is -0.330 e. The van der Waals surface area contributed by atoms with Crippen molar-refractivity contribution < 1.29 is 4.39 Å². The van der Waals surface area contributed by atoms with Gasteiger partial charge in [0.05, 0.1) is 5.02 Å². The molecule has 0 fully saturated rings. The van der Waals surface area contributed by atoms with Gasteiger partial charge in [0, 0.05) is 18.8 Å². The van der Waals surface area contributed by atoms with Gasteiger partial charge in [0.25, 0.3) is 0 Å². The average molecular weight is 266 g/mol. The predicted octanol–water partition coefficient (Wildman–Crippen LogP) is 2.36. The van der Waals surface area contributed by atoms with Crippen LogP contribution < -0.4 is 5.73 Å². The molecule has 0 aliphatic rings. The Hall–Kier alpha value is -1.52. The van der Waals surface area contributed by atoms with Crippen LogP contribution in [0.15, 0.2) is 30.6 Å². The summed E-state index contributed by atoms with van der Waals surface area (Å²) in [5.74, 6) is 0.158. The van der Waals surface area contributed by atoms with E-state index in [-0.39, 0.29) is 5.02 Å². The molecule has 2 aromatic rings. The summed E-state index contributed by atoms with van der Waals surface area (Å²) < 4.78 is 13.7. The van der Waals surface area contributed by atoms with Gasteiger partial charge >= 0.3 is 0 Å². The molecule has 94 valence electrons. The Morgan fingerprint density at radius 1 is 1.22 bits per heavy atom. The molecule has 1 heterocycles. The molecule has 0 saturated carbocycles. The minimum atomic E-state index is -0.409. The fourth-order valence-electron chi connectivity index (χ4n) is 1.62. The van der Waals surface area contributed by atoms with Gasteiger partial charge in [-0.1, -0.05) is 23.7 Å². The predicted molar refractivity (Wildman–Crippen MR) is 69.0 cm³/mol. The Balaban J connectivity index is 2.16. The molecule has 0 spiro atoms. The molecule has 0 radical (unpaired) electrons. The van der Waals surface area contributed by atoms with Gasteiger partial charge in [0.2, 0.25) is 0 Å². The normalized spacial score (nSPS) is 10.6. The van der Waals surface area contributed by atoms with Crippen LogP contribution in [0.2, 0.25) is 5.02 Å². The summed E-state index contributed by atoms with van der Waals surface area (Å²) in [6.45, 7) is 0.561. The molecule has 0 saturated heterocycles. The van der Waals surface area contributed by atoms with E-state index in [0.717, 1.165) is 12.0 Å². The van der Waals surface area contributed by atoms with Gasteiger partial charge in [0.15, 0.2) is 0 Å². The highest BCUT2D eigenvalue weighted by atomic mass is 35.5.